The first-order chi connectivity index (χ1) is 18.1. The lowest BCUT2D eigenvalue weighted by molar-refractivity contribution is 0.0542. The lowest BCUT2D eigenvalue weighted by Gasteiger charge is -2.20. The van der Waals surface area contributed by atoms with Crippen molar-refractivity contribution in [2.75, 3.05) is 11.9 Å². The number of hydrogen-bond acceptors (Lipinski definition) is 4. The summed E-state index contributed by atoms with van der Waals surface area (Å²) in [6.45, 7) is 14.7. The van der Waals surface area contributed by atoms with E-state index in [1.165, 1.54) is 5.56 Å². The van der Waals surface area contributed by atoms with Gasteiger partial charge < -0.3 is 20.4 Å². The van der Waals surface area contributed by atoms with Crippen molar-refractivity contribution < 1.29 is 9.53 Å². The van der Waals surface area contributed by atoms with Crippen molar-refractivity contribution in [1.82, 2.24) is 15.6 Å². The fourth-order valence-electron chi connectivity index (χ4n) is 3.96. The van der Waals surface area contributed by atoms with Crippen molar-refractivity contribution >= 4 is 52.5 Å². The van der Waals surface area contributed by atoms with Crippen molar-refractivity contribution in [3.63, 3.8) is 0 Å². The molecule has 1 radical (unpaired) electrons. The number of hydrogen-bond donors (Lipinski definition) is 4. The van der Waals surface area contributed by atoms with Crippen molar-refractivity contribution in [3.05, 3.63) is 89.2 Å². The third-order valence-electron chi connectivity index (χ3n) is 5.48. The van der Waals surface area contributed by atoms with Crippen LogP contribution >= 0.6 is 11.6 Å². The van der Waals surface area contributed by atoms with Crippen LogP contribution in [-0.2, 0) is 17.7 Å². The summed E-state index contributed by atoms with van der Waals surface area (Å²) in [4.78, 5) is 15.5. The number of fused-ring (bicyclic) bond motifs is 3. The van der Waals surface area contributed by atoms with Gasteiger partial charge in [-0.25, -0.2) is 4.79 Å². The first-order valence-electron chi connectivity index (χ1n) is 12.8. The molecule has 38 heavy (non-hydrogen) atoms. The van der Waals surface area contributed by atoms with E-state index in [9.17, 15) is 4.79 Å². The van der Waals surface area contributed by atoms with E-state index in [0.29, 0.717) is 23.8 Å². The zero-order valence-electron chi connectivity index (χ0n) is 22.9. The fraction of sp³-hybridized carbons (Fsp3) is 0.300. The predicted molar refractivity (Wildman–Crippen MR) is 162 cm³/mol. The average Bonchev–Trinajstić information content (AvgIpc) is 3.20. The fourth-order valence-corrected chi connectivity index (χ4v) is 4.14. The number of rotatable bonds is 8. The molecule has 1 amide bonds. The highest BCUT2D eigenvalue weighted by Crippen LogP contribution is 2.32. The second-order valence-electron chi connectivity index (χ2n) is 10.1. The maximum absolute atomic E-state index is 12.0. The number of halogens is 1. The number of carbonyl (C=O) groups is 1. The molecule has 0 atom stereocenters. The van der Waals surface area contributed by atoms with E-state index < -0.39 is 11.7 Å². The lowest BCUT2D eigenvalue weighted by Crippen LogP contribution is -2.36. The van der Waals surface area contributed by atoms with Crippen LogP contribution in [0, 0.1) is 0 Å². The number of ether oxygens (including phenoxy) is 1. The van der Waals surface area contributed by atoms with Gasteiger partial charge in [-0.15, -0.1) is 0 Å². The SMILES string of the molecule is C=C(NCCc1cc(NCc2ccccc2)cc2c1[nH]c1ccc(Cl)cc12)NC(=O)OC(C)(C)C.C[B]C. The standard InChI is InChI=1S/C28H31ClN4O2.C2H6B/c1-18(32-27(34)35-28(2,3)4)30-13-12-20-14-22(31-17-19-8-6-5-7-9-19)16-24-23-15-21(29)10-11-25(23)33-26(20)24;1-3-2/h5-11,14-16,30-31,33H,1,12-13,17H2,2-4H3,(H,32,34);1-2H3. The summed E-state index contributed by atoms with van der Waals surface area (Å²) in [5, 5.41) is 12.3. The van der Waals surface area contributed by atoms with E-state index in [1.807, 2.05) is 78.1 Å². The summed E-state index contributed by atoms with van der Waals surface area (Å²) in [7, 11) is 2.00. The van der Waals surface area contributed by atoms with E-state index in [-0.39, 0.29) is 0 Å². The molecular formula is C30H37BClN4O2. The normalized spacial score (nSPS) is 10.9. The molecule has 0 spiro atoms. The number of H-pyrrole nitrogens is 1. The van der Waals surface area contributed by atoms with Crippen molar-refractivity contribution in [3.8, 4) is 0 Å². The average molecular weight is 532 g/mol. The van der Waals surface area contributed by atoms with Gasteiger partial charge in [0.15, 0.2) is 0 Å². The second kappa shape index (κ2) is 13.3. The Morgan fingerprint density at radius 3 is 2.45 bits per heavy atom. The molecule has 199 valence electrons. The molecule has 6 nitrogen and oxygen atoms in total. The molecule has 3 aromatic carbocycles. The molecule has 0 aliphatic heterocycles. The highest BCUT2D eigenvalue weighted by atomic mass is 35.5. The summed E-state index contributed by atoms with van der Waals surface area (Å²) in [5.41, 5.74) is 4.92. The molecule has 0 fully saturated rings. The van der Waals surface area contributed by atoms with Crippen LogP contribution in [0.3, 0.4) is 0 Å². The van der Waals surface area contributed by atoms with E-state index in [1.54, 1.807) is 0 Å². The summed E-state index contributed by atoms with van der Waals surface area (Å²) >= 11 is 6.30. The highest BCUT2D eigenvalue weighted by Gasteiger charge is 2.16. The Bertz CT molecular complexity index is 1380. The van der Waals surface area contributed by atoms with Crippen LogP contribution < -0.4 is 16.0 Å². The van der Waals surface area contributed by atoms with Gasteiger partial charge in [0.1, 0.15) is 18.7 Å². The maximum atomic E-state index is 12.0. The van der Waals surface area contributed by atoms with Crippen molar-refractivity contribution in [2.45, 2.75) is 53.0 Å². The third kappa shape index (κ3) is 8.49. The Morgan fingerprint density at radius 2 is 1.76 bits per heavy atom. The molecule has 1 aromatic heterocycles. The smallest absolute Gasteiger partial charge is 0.413 e. The first-order valence-corrected chi connectivity index (χ1v) is 13.2. The highest BCUT2D eigenvalue weighted by molar-refractivity contribution is 6.32. The molecule has 0 unspecified atom stereocenters. The third-order valence-corrected chi connectivity index (χ3v) is 5.71. The molecular weight excluding hydrogens is 495 g/mol. The van der Waals surface area contributed by atoms with Gasteiger partial charge in [0.2, 0.25) is 0 Å². The molecule has 4 N–H and O–H groups in total. The molecule has 0 saturated heterocycles. The number of aromatic amines is 1. The molecule has 4 aromatic rings. The number of nitrogens with one attached hydrogen (secondary N) is 4. The van der Waals surface area contributed by atoms with Gasteiger partial charge in [0, 0.05) is 45.6 Å². The van der Waals surface area contributed by atoms with Crippen LogP contribution in [-0.4, -0.2) is 30.5 Å². The Hall–Kier alpha value is -3.58. The van der Waals surface area contributed by atoms with Gasteiger partial charge in [-0.3, -0.25) is 5.32 Å². The van der Waals surface area contributed by atoms with Gasteiger partial charge in [-0.05, 0) is 68.7 Å². The predicted octanol–water partition coefficient (Wildman–Crippen LogP) is 7.50. The van der Waals surface area contributed by atoms with Crippen LogP contribution in [0.4, 0.5) is 10.5 Å². The Balaban J connectivity index is 0.00000127. The summed E-state index contributed by atoms with van der Waals surface area (Å²) in [6, 6.07) is 20.5. The Morgan fingerprint density at radius 1 is 1.05 bits per heavy atom. The maximum Gasteiger partial charge on any atom is 0.413 e. The molecule has 0 bridgehead atoms. The molecule has 0 aliphatic carbocycles. The van der Waals surface area contributed by atoms with Crippen molar-refractivity contribution in [2.24, 2.45) is 0 Å². The van der Waals surface area contributed by atoms with E-state index >= 15 is 0 Å². The Labute approximate surface area is 231 Å². The van der Waals surface area contributed by atoms with Crippen LogP contribution in [0.25, 0.3) is 21.8 Å². The molecule has 8 heteroatoms. The topological polar surface area (TPSA) is 78.2 Å². The summed E-state index contributed by atoms with van der Waals surface area (Å²) in [5.74, 6) is 0.400. The zero-order valence-corrected chi connectivity index (χ0v) is 23.6. The number of aromatic nitrogens is 1. The molecule has 0 saturated carbocycles. The zero-order chi connectivity index (χ0) is 27.7. The minimum absolute atomic E-state index is 0.400. The van der Waals surface area contributed by atoms with Crippen LogP contribution in [0.15, 0.2) is 73.1 Å². The molecule has 4 rings (SSSR count). The number of amides is 1. The first kappa shape index (κ1) is 29.0. The number of carbonyl (C=O) groups excluding carboxylic acids is 1. The summed E-state index contributed by atoms with van der Waals surface area (Å²) < 4.78 is 5.28. The minimum atomic E-state index is -0.568. The Kier molecular flexibility index (Phi) is 10.1. The van der Waals surface area contributed by atoms with Gasteiger partial charge in [0.25, 0.3) is 0 Å². The van der Waals surface area contributed by atoms with Gasteiger partial charge >= 0.3 is 6.09 Å². The van der Waals surface area contributed by atoms with Crippen LogP contribution in [0.1, 0.15) is 31.9 Å². The second-order valence-corrected chi connectivity index (χ2v) is 10.5. The largest absolute Gasteiger partial charge is 0.444 e. The van der Waals surface area contributed by atoms with E-state index in [0.717, 1.165) is 39.6 Å². The quantitative estimate of drug-likeness (QED) is 0.177. The van der Waals surface area contributed by atoms with Crippen LogP contribution in [0.5, 0.6) is 0 Å². The van der Waals surface area contributed by atoms with Crippen molar-refractivity contribution in [1.29, 1.82) is 0 Å². The minimum Gasteiger partial charge on any atom is -0.444 e. The molecule has 1 heterocycles. The number of alkyl carbamates (subject to hydrolysis) is 1. The van der Waals surface area contributed by atoms with Gasteiger partial charge in [-0.2, -0.15) is 0 Å². The number of anilines is 1. The van der Waals surface area contributed by atoms with Crippen LogP contribution in [0.2, 0.25) is 18.7 Å². The van der Waals surface area contributed by atoms with E-state index in [2.05, 4.69) is 51.8 Å². The van der Waals surface area contributed by atoms with E-state index in [4.69, 9.17) is 16.3 Å². The van der Waals surface area contributed by atoms with Gasteiger partial charge in [0.05, 0.1) is 0 Å². The lowest BCUT2D eigenvalue weighted by atomic mass is 9.88. The van der Waals surface area contributed by atoms with Gasteiger partial charge in [-0.1, -0.05) is 62.2 Å². The number of benzene rings is 3. The molecule has 0 aliphatic rings. The monoisotopic (exact) mass is 531 g/mol. The summed E-state index contributed by atoms with van der Waals surface area (Å²) in [6.07, 6.45) is 0.185.